The standard InChI is InChI=1S/C15H17NO5/c1-10(15(18)19)8-16(2)14(17)6-4-11-3-5-12-13(7-11)21-9-20-12/h3-7,10H,8-9H2,1-2H3,(H,18,19)/b6-4+. The zero-order valence-electron chi connectivity index (χ0n) is 11.9. The van der Waals surface area contributed by atoms with Crippen molar-refractivity contribution in [2.75, 3.05) is 20.4 Å². The number of amides is 1. The quantitative estimate of drug-likeness (QED) is 0.834. The smallest absolute Gasteiger partial charge is 0.308 e. The van der Waals surface area contributed by atoms with Gasteiger partial charge in [-0.1, -0.05) is 13.0 Å². The lowest BCUT2D eigenvalue weighted by molar-refractivity contribution is -0.142. The summed E-state index contributed by atoms with van der Waals surface area (Å²) in [5.41, 5.74) is 0.812. The van der Waals surface area contributed by atoms with E-state index in [0.29, 0.717) is 11.5 Å². The van der Waals surface area contributed by atoms with Crippen molar-refractivity contribution in [3.8, 4) is 11.5 Å². The number of aliphatic carboxylic acids is 1. The highest BCUT2D eigenvalue weighted by Gasteiger charge is 2.16. The van der Waals surface area contributed by atoms with Crippen LogP contribution < -0.4 is 9.47 Å². The summed E-state index contributed by atoms with van der Waals surface area (Å²) in [5, 5.41) is 8.83. The minimum absolute atomic E-state index is 0.166. The SMILES string of the molecule is CC(CN(C)C(=O)/C=C/c1ccc2c(c1)OCO2)C(=O)O. The number of rotatable bonds is 5. The predicted octanol–water partition coefficient (Wildman–Crippen LogP) is 1.61. The van der Waals surface area contributed by atoms with Crippen molar-refractivity contribution in [1.82, 2.24) is 4.90 Å². The maximum absolute atomic E-state index is 11.9. The number of carbonyl (C=O) groups is 2. The minimum atomic E-state index is -0.922. The highest BCUT2D eigenvalue weighted by molar-refractivity contribution is 5.92. The number of ether oxygens (including phenoxy) is 2. The first-order valence-corrected chi connectivity index (χ1v) is 6.53. The molecule has 0 radical (unpaired) electrons. The number of likely N-dealkylation sites (N-methyl/N-ethyl adjacent to an activating group) is 1. The Hall–Kier alpha value is -2.50. The molecule has 112 valence electrons. The number of benzene rings is 1. The number of carboxylic acids is 1. The molecule has 0 spiro atoms. The number of fused-ring (bicyclic) bond motifs is 1. The van der Waals surface area contributed by atoms with E-state index >= 15 is 0 Å². The largest absolute Gasteiger partial charge is 0.481 e. The third-order valence-corrected chi connectivity index (χ3v) is 3.16. The number of hydrogen-bond donors (Lipinski definition) is 1. The number of carbonyl (C=O) groups excluding carboxylic acids is 1. The molecule has 0 aromatic heterocycles. The molecule has 1 aliphatic heterocycles. The van der Waals surface area contributed by atoms with E-state index in [0.717, 1.165) is 5.56 Å². The molecule has 1 unspecified atom stereocenters. The van der Waals surface area contributed by atoms with E-state index in [9.17, 15) is 9.59 Å². The summed E-state index contributed by atoms with van der Waals surface area (Å²) in [4.78, 5) is 24.0. The Morgan fingerprint density at radius 2 is 2.10 bits per heavy atom. The van der Waals surface area contributed by atoms with Crippen LogP contribution in [-0.4, -0.2) is 42.3 Å². The van der Waals surface area contributed by atoms with Crippen LogP contribution in [0.2, 0.25) is 0 Å². The summed E-state index contributed by atoms with van der Waals surface area (Å²) in [6.45, 7) is 1.94. The average molecular weight is 291 g/mol. The second-order valence-electron chi connectivity index (χ2n) is 4.90. The second-order valence-corrected chi connectivity index (χ2v) is 4.90. The first-order chi connectivity index (χ1) is 9.97. The van der Waals surface area contributed by atoms with Crippen molar-refractivity contribution in [2.45, 2.75) is 6.92 Å². The van der Waals surface area contributed by atoms with E-state index in [1.165, 1.54) is 11.0 Å². The molecule has 0 fully saturated rings. The summed E-state index contributed by atoms with van der Waals surface area (Å²) < 4.78 is 10.5. The molecular weight excluding hydrogens is 274 g/mol. The van der Waals surface area contributed by atoms with Crippen LogP contribution >= 0.6 is 0 Å². The highest BCUT2D eigenvalue weighted by atomic mass is 16.7. The highest BCUT2D eigenvalue weighted by Crippen LogP contribution is 2.32. The molecule has 1 N–H and O–H groups in total. The Kier molecular flexibility index (Phi) is 4.47. The van der Waals surface area contributed by atoms with Gasteiger partial charge in [-0.3, -0.25) is 9.59 Å². The summed E-state index contributed by atoms with van der Waals surface area (Å²) in [6, 6.07) is 5.38. The first-order valence-electron chi connectivity index (χ1n) is 6.53. The molecule has 1 heterocycles. The van der Waals surface area contributed by atoms with Gasteiger partial charge in [0.2, 0.25) is 12.7 Å². The van der Waals surface area contributed by atoms with Crippen molar-refractivity contribution < 1.29 is 24.2 Å². The fourth-order valence-electron chi connectivity index (χ4n) is 1.89. The summed E-state index contributed by atoms with van der Waals surface area (Å²) in [6.07, 6.45) is 3.07. The van der Waals surface area contributed by atoms with Crippen LogP contribution in [0.5, 0.6) is 11.5 Å². The molecule has 1 amide bonds. The monoisotopic (exact) mass is 291 g/mol. The first kappa shape index (κ1) is 14.9. The average Bonchev–Trinajstić information content (AvgIpc) is 2.91. The molecule has 21 heavy (non-hydrogen) atoms. The molecule has 1 aromatic carbocycles. The topological polar surface area (TPSA) is 76.1 Å². The third kappa shape index (κ3) is 3.75. The van der Waals surface area contributed by atoms with Crippen LogP contribution in [0, 0.1) is 5.92 Å². The Morgan fingerprint density at radius 1 is 1.38 bits per heavy atom. The molecule has 0 saturated carbocycles. The lowest BCUT2D eigenvalue weighted by Gasteiger charge is -2.17. The van der Waals surface area contributed by atoms with E-state index in [1.807, 2.05) is 6.07 Å². The summed E-state index contributed by atoms with van der Waals surface area (Å²) in [5.74, 6) is -0.434. The predicted molar refractivity (Wildman–Crippen MR) is 76.0 cm³/mol. The Morgan fingerprint density at radius 3 is 2.81 bits per heavy atom. The molecule has 1 atom stereocenters. The van der Waals surface area contributed by atoms with Crippen LogP contribution in [0.1, 0.15) is 12.5 Å². The lowest BCUT2D eigenvalue weighted by atomic mass is 10.1. The van der Waals surface area contributed by atoms with Gasteiger partial charge in [-0.05, 0) is 23.8 Å². The van der Waals surface area contributed by atoms with Crippen molar-refractivity contribution in [3.05, 3.63) is 29.8 Å². The van der Waals surface area contributed by atoms with Crippen molar-refractivity contribution in [1.29, 1.82) is 0 Å². The van der Waals surface area contributed by atoms with E-state index < -0.39 is 11.9 Å². The van der Waals surface area contributed by atoms with Gasteiger partial charge in [-0.15, -0.1) is 0 Å². The van der Waals surface area contributed by atoms with Gasteiger partial charge in [-0.2, -0.15) is 0 Å². The zero-order valence-corrected chi connectivity index (χ0v) is 11.9. The number of hydrogen-bond acceptors (Lipinski definition) is 4. The minimum Gasteiger partial charge on any atom is -0.481 e. The summed E-state index contributed by atoms with van der Waals surface area (Å²) in [7, 11) is 1.58. The third-order valence-electron chi connectivity index (χ3n) is 3.16. The van der Waals surface area contributed by atoms with Crippen molar-refractivity contribution >= 4 is 18.0 Å². The van der Waals surface area contributed by atoms with Crippen LogP contribution in [0.4, 0.5) is 0 Å². The second kappa shape index (κ2) is 6.30. The van der Waals surface area contributed by atoms with E-state index in [-0.39, 0.29) is 19.2 Å². The number of carboxylic acid groups (broad SMARTS) is 1. The van der Waals surface area contributed by atoms with Gasteiger partial charge in [0.25, 0.3) is 0 Å². The van der Waals surface area contributed by atoms with E-state index in [2.05, 4.69) is 0 Å². The Labute approximate surface area is 122 Å². The Bertz CT molecular complexity index is 581. The molecule has 0 saturated heterocycles. The number of nitrogens with zero attached hydrogens (tertiary/aromatic N) is 1. The van der Waals surface area contributed by atoms with E-state index in [4.69, 9.17) is 14.6 Å². The van der Waals surface area contributed by atoms with Gasteiger partial charge in [0.1, 0.15) is 0 Å². The van der Waals surface area contributed by atoms with Gasteiger partial charge in [0.05, 0.1) is 5.92 Å². The van der Waals surface area contributed by atoms with Crippen LogP contribution in [0.15, 0.2) is 24.3 Å². The maximum Gasteiger partial charge on any atom is 0.308 e. The van der Waals surface area contributed by atoms with Gasteiger partial charge in [0.15, 0.2) is 11.5 Å². The molecule has 6 heteroatoms. The molecule has 1 aromatic rings. The lowest BCUT2D eigenvalue weighted by Crippen LogP contribution is -2.32. The van der Waals surface area contributed by atoms with E-state index in [1.54, 1.807) is 32.2 Å². The Balaban J connectivity index is 1.97. The molecular formula is C15H17NO5. The van der Waals surface area contributed by atoms with Gasteiger partial charge < -0.3 is 19.5 Å². The van der Waals surface area contributed by atoms with Crippen molar-refractivity contribution in [2.24, 2.45) is 5.92 Å². The fraction of sp³-hybridized carbons (Fsp3) is 0.333. The van der Waals surface area contributed by atoms with Crippen LogP contribution in [-0.2, 0) is 9.59 Å². The van der Waals surface area contributed by atoms with Crippen LogP contribution in [0.25, 0.3) is 6.08 Å². The fourth-order valence-corrected chi connectivity index (χ4v) is 1.89. The molecule has 6 nitrogen and oxygen atoms in total. The maximum atomic E-state index is 11.9. The normalized spacial score (nSPS) is 14.2. The van der Waals surface area contributed by atoms with Crippen LogP contribution in [0.3, 0.4) is 0 Å². The van der Waals surface area contributed by atoms with Gasteiger partial charge in [0, 0.05) is 19.7 Å². The van der Waals surface area contributed by atoms with Gasteiger partial charge >= 0.3 is 5.97 Å². The molecule has 2 rings (SSSR count). The van der Waals surface area contributed by atoms with Gasteiger partial charge in [-0.25, -0.2) is 0 Å². The molecule has 1 aliphatic rings. The summed E-state index contributed by atoms with van der Waals surface area (Å²) >= 11 is 0. The zero-order chi connectivity index (χ0) is 15.4. The van der Waals surface area contributed by atoms with Crippen molar-refractivity contribution in [3.63, 3.8) is 0 Å². The molecule has 0 aliphatic carbocycles. The molecule has 0 bridgehead atoms.